The van der Waals surface area contributed by atoms with E-state index in [0.29, 0.717) is 6.04 Å². The first kappa shape index (κ1) is 10.9. The number of nitrogens with zero attached hydrogens (tertiary/aromatic N) is 1. The predicted molar refractivity (Wildman–Crippen MR) is 52.8 cm³/mol. The molecule has 0 radical (unpaired) electrons. The molecule has 1 heterocycles. The number of likely N-dealkylation sites (N-methyl/N-ethyl adjacent to an activating group) is 1. The highest BCUT2D eigenvalue weighted by atomic mass is 15.2. The van der Waals surface area contributed by atoms with Crippen molar-refractivity contribution in [1.82, 2.24) is 4.90 Å². The van der Waals surface area contributed by atoms with E-state index in [1.807, 2.05) is 13.8 Å². The van der Waals surface area contributed by atoms with E-state index in [1.54, 1.807) is 0 Å². The molecule has 2 N–H and O–H groups in total. The van der Waals surface area contributed by atoms with Crippen molar-refractivity contribution in [2.24, 2.45) is 5.73 Å². The van der Waals surface area contributed by atoms with Gasteiger partial charge in [-0.2, -0.15) is 0 Å². The van der Waals surface area contributed by atoms with Crippen LogP contribution in [0.4, 0.5) is 0 Å². The molecular formula is C9H24N2. The Balaban J connectivity index is 0. The second-order valence-corrected chi connectivity index (χ2v) is 2.66. The van der Waals surface area contributed by atoms with Gasteiger partial charge in [-0.1, -0.05) is 20.8 Å². The van der Waals surface area contributed by atoms with Crippen molar-refractivity contribution in [3.05, 3.63) is 0 Å². The maximum absolute atomic E-state index is 5.56. The zero-order valence-corrected chi connectivity index (χ0v) is 8.14. The third-order valence-electron chi connectivity index (χ3n) is 2.18. The summed E-state index contributed by atoms with van der Waals surface area (Å²) in [6.07, 6.45) is 2.65. The van der Waals surface area contributed by atoms with Crippen LogP contribution in [0.2, 0.25) is 0 Å². The molecule has 0 spiro atoms. The summed E-state index contributed by atoms with van der Waals surface area (Å²) in [5, 5.41) is 0. The van der Waals surface area contributed by atoms with Crippen molar-refractivity contribution in [3.63, 3.8) is 0 Å². The summed E-state index contributed by atoms with van der Waals surface area (Å²) in [6, 6.07) is 0.690. The Labute approximate surface area is 72.2 Å². The summed E-state index contributed by atoms with van der Waals surface area (Å²) in [5.41, 5.74) is 5.56. The SMILES string of the molecule is CC.CCN1CCCC1CN.[HH]. The molecule has 2 heteroatoms. The normalized spacial score (nSPS) is 24.5. The molecule has 1 aliphatic heterocycles. The van der Waals surface area contributed by atoms with Crippen molar-refractivity contribution in [1.29, 1.82) is 0 Å². The molecule has 0 bridgehead atoms. The minimum atomic E-state index is 0. The Bertz CT molecular complexity index is 78.6. The van der Waals surface area contributed by atoms with Gasteiger partial charge in [0.1, 0.15) is 0 Å². The number of nitrogens with two attached hydrogens (primary N) is 1. The molecule has 1 aliphatic rings. The molecule has 0 aromatic heterocycles. The average molecular weight is 160 g/mol. The molecule has 11 heavy (non-hydrogen) atoms. The Hall–Kier alpha value is -0.0800. The maximum Gasteiger partial charge on any atom is 0.0218 e. The largest absolute Gasteiger partial charge is 0.329 e. The summed E-state index contributed by atoms with van der Waals surface area (Å²) in [6.45, 7) is 9.47. The summed E-state index contributed by atoms with van der Waals surface area (Å²) >= 11 is 0. The van der Waals surface area contributed by atoms with Crippen LogP contribution in [0.5, 0.6) is 0 Å². The Morgan fingerprint density at radius 1 is 1.55 bits per heavy atom. The van der Waals surface area contributed by atoms with Gasteiger partial charge in [0.15, 0.2) is 0 Å². The summed E-state index contributed by atoms with van der Waals surface area (Å²) in [5.74, 6) is 0. The molecule has 1 atom stereocenters. The van der Waals surface area contributed by atoms with Crippen LogP contribution in [0.1, 0.15) is 35.0 Å². The van der Waals surface area contributed by atoms with Crippen molar-refractivity contribution in [2.45, 2.75) is 39.7 Å². The molecule has 1 rings (SSSR count). The van der Waals surface area contributed by atoms with Crippen LogP contribution in [0, 0.1) is 0 Å². The number of hydrogen-bond donors (Lipinski definition) is 1. The number of hydrogen-bond acceptors (Lipinski definition) is 2. The lowest BCUT2D eigenvalue weighted by Crippen LogP contribution is -2.34. The van der Waals surface area contributed by atoms with Crippen LogP contribution in [0.15, 0.2) is 0 Å². The van der Waals surface area contributed by atoms with Crippen molar-refractivity contribution < 1.29 is 1.43 Å². The van der Waals surface area contributed by atoms with Gasteiger partial charge < -0.3 is 5.73 Å². The van der Waals surface area contributed by atoms with Gasteiger partial charge in [-0.3, -0.25) is 4.90 Å². The lowest BCUT2D eigenvalue weighted by molar-refractivity contribution is 0.272. The van der Waals surface area contributed by atoms with Gasteiger partial charge in [-0.15, -0.1) is 0 Å². The lowest BCUT2D eigenvalue weighted by Gasteiger charge is -2.20. The fourth-order valence-electron chi connectivity index (χ4n) is 1.58. The van der Waals surface area contributed by atoms with Crippen LogP contribution in [-0.2, 0) is 0 Å². The van der Waals surface area contributed by atoms with E-state index in [4.69, 9.17) is 5.73 Å². The van der Waals surface area contributed by atoms with Gasteiger partial charge in [-0.05, 0) is 25.9 Å². The second-order valence-electron chi connectivity index (χ2n) is 2.66. The summed E-state index contributed by atoms with van der Waals surface area (Å²) < 4.78 is 0. The highest BCUT2D eigenvalue weighted by molar-refractivity contribution is 4.78. The molecule has 0 aromatic carbocycles. The number of rotatable bonds is 2. The molecule has 0 aliphatic carbocycles. The first-order valence-corrected chi connectivity index (χ1v) is 4.82. The fourth-order valence-corrected chi connectivity index (χ4v) is 1.58. The average Bonchev–Trinajstić information content (AvgIpc) is 2.54. The van der Waals surface area contributed by atoms with Gasteiger partial charge in [0.2, 0.25) is 0 Å². The van der Waals surface area contributed by atoms with E-state index >= 15 is 0 Å². The van der Waals surface area contributed by atoms with Gasteiger partial charge >= 0.3 is 0 Å². The first-order chi connectivity index (χ1) is 5.38. The van der Waals surface area contributed by atoms with Gasteiger partial charge in [0.25, 0.3) is 0 Å². The molecule has 0 saturated carbocycles. The summed E-state index contributed by atoms with van der Waals surface area (Å²) in [7, 11) is 0. The third-order valence-corrected chi connectivity index (χ3v) is 2.18. The minimum absolute atomic E-state index is 0. The molecule has 0 amide bonds. The Morgan fingerprint density at radius 3 is 2.55 bits per heavy atom. The van der Waals surface area contributed by atoms with E-state index in [2.05, 4.69) is 11.8 Å². The van der Waals surface area contributed by atoms with Gasteiger partial charge in [0, 0.05) is 14.0 Å². The van der Waals surface area contributed by atoms with E-state index in [9.17, 15) is 0 Å². The second kappa shape index (κ2) is 6.62. The van der Waals surface area contributed by atoms with Crippen LogP contribution < -0.4 is 5.73 Å². The van der Waals surface area contributed by atoms with Crippen LogP contribution >= 0.6 is 0 Å². The molecular weight excluding hydrogens is 136 g/mol. The predicted octanol–water partition coefficient (Wildman–Crippen LogP) is 1.70. The monoisotopic (exact) mass is 160 g/mol. The number of likely N-dealkylation sites (tertiary alicyclic amines) is 1. The molecule has 1 unspecified atom stereocenters. The zero-order chi connectivity index (χ0) is 8.69. The highest BCUT2D eigenvalue weighted by Crippen LogP contribution is 2.14. The first-order valence-electron chi connectivity index (χ1n) is 4.82. The van der Waals surface area contributed by atoms with E-state index in [-0.39, 0.29) is 1.43 Å². The maximum atomic E-state index is 5.56. The van der Waals surface area contributed by atoms with Gasteiger partial charge in [0.05, 0.1) is 0 Å². The standard InChI is InChI=1S/C7H16N2.C2H6.H2/c1-2-9-5-3-4-7(9)6-8;1-2;/h7H,2-6,8H2,1H3;1-2H3;1H. The van der Waals surface area contributed by atoms with Crippen molar-refractivity contribution in [2.75, 3.05) is 19.6 Å². The molecule has 1 saturated heterocycles. The lowest BCUT2D eigenvalue weighted by atomic mass is 10.2. The fraction of sp³-hybridized carbons (Fsp3) is 1.00. The van der Waals surface area contributed by atoms with Crippen LogP contribution in [0.3, 0.4) is 0 Å². The van der Waals surface area contributed by atoms with Crippen molar-refractivity contribution in [3.8, 4) is 0 Å². The van der Waals surface area contributed by atoms with Crippen LogP contribution in [0.25, 0.3) is 0 Å². The van der Waals surface area contributed by atoms with Crippen LogP contribution in [-0.4, -0.2) is 30.6 Å². The smallest absolute Gasteiger partial charge is 0.0218 e. The molecule has 0 aromatic rings. The van der Waals surface area contributed by atoms with E-state index < -0.39 is 0 Å². The molecule has 1 fully saturated rings. The molecule has 2 nitrogen and oxygen atoms in total. The van der Waals surface area contributed by atoms with E-state index in [1.165, 1.54) is 25.9 Å². The Morgan fingerprint density at radius 2 is 2.18 bits per heavy atom. The van der Waals surface area contributed by atoms with E-state index in [0.717, 1.165) is 6.54 Å². The summed E-state index contributed by atoms with van der Waals surface area (Å²) in [4.78, 5) is 2.46. The minimum Gasteiger partial charge on any atom is -0.329 e. The zero-order valence-electron chi connectivity index (χ0n) is 8.14. The highest BCUT2D eigenvalue weighted by Gasteiger charge is 2.20. The molecule has 70 valence electrons. The Kier molecular flexibility index (Phi) is 6.57. The van der Waals surface area contributed by atoms with Crippen molar-refractivity contribution >= 4 is 0 Å². The topological polar surface area (TPSA) is 29.3 Å². The van der Waals surface area contributed by atoms with Gasteiger partial charge in [-0.25, -0.2) is 0 Å². The third kappa shape index (κ3) is 3.21. The quantitative estimate of drug-likeness (QED) is 0.666.